The van der Waals surface area contributed by atoms with Gasteiger partial charge in [0.15, 0.2) is 3.92 Å². The van der Waals surface area contributed by atoms with Gasteiger partial charge in [-0.1, -0.05) is 11.3 Å². The highest BCUT2D eigenvalue weighted by atomic mass is 79.9. The lowest BCUT2D eigenvalue weighted by atomic mass is 10.1. The van der Waals surface area contributed by atoms with Crippen LogP contribution in [0.15, 0.2) is 10.1 Å². The first-order valence-corrected chi connectivity index (χ1v) is 5.71. The molecule has 0 saturated carbocycles. The minimum Gasteiger partial charge on any atom is -0.372 e. The molecule has 6 heteroatoms. The van der Waals surface area contributed by atoms with E-state index in [0.29, 0.717) is 0 Å². The van der Waals surface area contributed by atoms with Crippen molar-refractivity contribution in [2.24, 2.45) is 0 Å². The summed E-state index contributed by atoms with van der Waals surface area (Å²) in [7, 11) is 1.68. The van der Waals surface area contributed by atoms with Crippen molar-refractivity contribution in [3.8, 4) is 0 Å². The van der Waals surface area contributed by atoms with Crippen molar-refractivity contribution in [2.75, 3.05) is 7.11 Å². The van der Waals surface area contributed by atoms with Crippen LogP contribution in [0.1, 0.15) is 19.5 Å². The Morgan fingerprint density at radius 3 is 2.86 bits per heavy atom. The van der Waals surface area contributed by atoms with Crippen LogP contribution in [0.25, 0.3) is 4.96 Å². The van der Waals surface area contributed by atoms with Gasteiger partial charge in [0.2, 0.25) is 4.96 Å². The minimum atomic E-state index is -0.361. The first-order chi connectivity index (χ1) is 6.53. The Kier molecular flexibility index (Phi) is 2.36. The number of rotatable bonds is 2. The highest BCUT2D eigenvalue weighted by Crippen LogP contribution is 2.26. The Bertz CT molecular complexity index is 431. The summed E-state index contributed by atoms with van der Waals surface area (Å²) in [4.78, 5) is 5.31. The van der Waals surface area contributed by atoms with Crippen molar-refractivity contribution in [3.63, 3.8) is 0 Å². The molecule has 2 heterocycles. The number of hydrogen-bond donors (Lipinski definition) is 0. The number of halogens is 1. The largest absolute Gasteiger partial charge is 0.372 e. The van der Waals surface area contributed by atoms with E-state index in [2.05, 4.69) is 26.0 Å². The van der Waals surface area contributed by atoms with E-state index in [1.165, 1.54) is 11.3 Å². The average Bonchev–Trinajstić information content (AvgIpc) is 2.61. The third kappa shape index (κ3) is 1.57. The molecule has 0 aliphatic carbocycles. The Morgan fingerprint density at radius 1 is 1.57 bits per heavy atom. The minimum absolute atomic E-state index is 0.361. The van der Waals surface area contributed by atoms with E-state index in [-0.39, 0.29) is 5.60 Å². The Hall–Kier alpha value is -0.460. The monoisotopic (exact) mass is 275 g/mol. The van der Waals surface area contributed by atoms with E-state index in [4.69, 9.17) is 4.74 Å². The summed E-state index contributed by atoms with van der Waals surface area (Å²) in [6.07, 6.45) is 1.89. The van der Waals surface area contributed by atoms with Crippen LogP contribution in [0.5, 0.6) is 0 Å². The lowest BCUT2D eigenvalue weighted by Crippen LogP contribution is -2.19. The van der Waals surface area contributed by atoms with Gasteiger partial charge in [-0.15, -0.1) is 5.10 Å². The number of ether oxygens (including phenoxy) is 1. The highest BCUT2D eigenvalue weighted by Gasteiger charge is 2.23. The summed E-state index contributed by atoms with van der Waals surface area (Å²) in [5.41, 5.74) is 0.533. The van der Waals surface area contributed by atoms with Gasteiger partial charge in [0, 0.05) is 7.11 Å². The molecular formula is C8H10BrN3OS. The van der Waals surface area contributed by atoms with Crippen LogP contribution in [0.2, 0.25) is 0 Å². The molecule has 0 spiro atoms. The van der Waals surface area contributed by atoms with Crippen molar-refractivity contribution >= 4 is 32.2 Å². The molecule has 0 bridgehead atoms. The van der Waals surface area contributed by atoms with Crippen LogP contribution in [0.4, 0.5) is 0 Å². The molecule has 0 N–H and O–H groups in total. The van der Waals surface area contributed by atoms with Crippen LogP contribution in [0.3, 0.4) is 0 Å². The van der Waals surface area contributed by atoms with Crippen molar-refractivity contribution in [3.05, 3.63) is 15.8 Å². The van der Waals surface area contributed by atoms with Gasteiger partial charge in [0.05, 0.1) is 11.9 Å². The maximum absolute atomic E-state index is 5.34. The van der Waals surface area contributed by atoms with E-state index in [0.717, 1.165) is 14.6 Å². The van der Waals surface area contributed by atoms with Gasteiger partial charge in [-0.05, 0) is 29.8 Å². The van der Waals surface area contributed by atoms with Crippen LogP contribution in [0, 0.1) is 0 Å². The Balaban J connectivity index is 2.50. The van der Waals surface area contributed by atoms with Crippen molar-refractivity contribution in [1.82, 2.24) is 14.6 Å². The van der Waals surface area contributed by atoms with Gasteiger partial charge in [0.1, 0.15) is 5.60 Å². The topological polar surface area (TPSA) is 39.4 Å². The van der Waals surface area contributed by atoms with Crippen LogP contribution in [-0.2, 0) is 10.3 Å². The maximum Gasteiger partial charge on any atom is 0.213 e. The molecule has 0 fully saturated rings. The molecule has 2 aromatic heterocycles. The Labute approximate surface area is 94.0 Å². The van der Waals surface area contributed by atoms with E-state index in [1.807, 2.05) is 20.0 Å². The molecule has 0 aliphatic rings. The van der Waals surface area contributed by atoms with Gasteiger partial charge in [0.25, 0.3) is 0 Å². The molecule has 0 unspecified atom stereocenters. The van der Waals surface area contributed by atoms with Gasteiger partial charge < -0.3 is 4.74 Å². The van der Waals surface area contributed by atoms with Gasteiger partial charge >= 0.3 is 0 Å². The first-order valence-electron chi connectivity index (χ1n) is 4.10. The molecule has 0 atom stereocenters. The second-order valence-electron chi connectivity index (χ2n) is 3.42. The second-order valence-corrected chi connectivity index (χ2v) is 5.65. The van der Waals surface area contributed by atoms with Crippen LogP contribution < -0.4 is 0 Å². The molecule has 0 saturated heterocycles. The normalized spacial score (nSPS) is 12.6. The van der Waals surface area contributed by atoms with Gasteiger partial charge in [-0.25, -0.2) is 9.50 Å². The molecule has 0 amide bonds. The summed E-state index contributed by atoms with van der Waals surface area (Å²) in [6, 6.07) is 0. The van der Waals surface area contributed by atoms with E-state index in [9.17, 15) is 0 Å². The zero-order valence-electron chi connectivity index (χ0n) is 8.11. The predicted octanol–water partition coefficient (Wildman–Crippen LogP) is 2.43. The van der Waals surface area contributed by atoms with E-state index >= 15 is 0 Å². The zero-order chi connectivity index (χ0) is 10.3. The summed E-state index contributed by atoms with van der Waals surface area (Å²) in [5.74, 6) is 0. The molecule has 2 aromatic rings. The fraction of sp³-hybridized carbons (Fsp3) is 0.500. The number of methoxy groups -OCH3 is 1. The van der Waals surface area contributed by atoms with Gasteiger partial charge in [-0.2, -0.15) is 0 Å². The second kappa shape index (κ2) is 3.29. The lowest BCUT2D eigenvalue weighted by Gasteiger charge is -2.19. The van der Waals surface area contributed by atoms with E-state index in [1.54, 1.807) is 11.6 Å². The number of imidazole rings is 1. The number of fused-ring (bicyclic) bond motifs is 1. The number of nitrogens with zero attached hydrogens (tertiary/aromatic N) is 3. The molecule has 0 radical (unpaired) electrons. The molecule has 2 rings (SSSR count). The van der Waals surface area contributed by atoms with Gasteiger partial charge in [-0.3, -0.25) is 0 Å². The smallest absolute Gasteiger partial charge is 0.213 e. The average molecular weight is 276 g/mol. The fourth-order valence-corrected chi connectivity index (χ4v) is 2.29. The standard InChI is InChI=1S/C8H10BrN3OS/c1-8(2,13-3)5-4-12-7(10-5)14-6(9)11-12/h4H,1-3H3. The summed E-state index contributed by atoms with van der Waals surface area (Å²) in [5, 5.41) is 4.22. The van der Waals surface area contributed by atoms with Crippen molar-refractivity contribution in [1.29, 1.82) is 0 Å². The molecule has 14 heavy (non-hydrogen) atoms. The summed E-state index contributed by atoms with van der Waals surface area (Å²) < 4.78 is 7.93. The summed E-state index contributed by atoms with van der Waals surface area (Å²) in [6.45, 7) is 3.96. The highest BCUT2D eigenvalue weighted by molar-refractivity contribution is 9.11. The fourth-order valence-electron chi connectivity index (χ4n) is 1.07. The third-order valence-electron chi connectivity index (χ3n) is 2.15. The molecule has 76 valence electrons. The quantitative estimate of drug-likeness (QED) is 0.845. The molecule has 0 aromatic carbocycles. The Morgan fingerprint density at radius 2 is 2.29 bits per heavy atom. The van der Waals surface area contributed by atoms with Crippen LogP contribution >= 0.6 is 27.3 Å². The maximum atomic E-state index is 5.34. The van der Waals surface area contributed by atoms with Crippen molar-refractivity contribution in [2.45, 2.75) is 19.4 Å². The molecule has 0 aliphatic heterocycles. The SMILES string of the molecule is COC(C)(C)c1cn2nc(Br)sc2n1. The molecular weight excluding hydrogens is 266 g/mol. The number of hydrogen-bond acceptors (Lipinski definition) is 4. The lowest BCUT2D eigenvalue weighted by molar-refractivity contribution is 0.0159. The zero-order valence-corrected chi connectivity index (χ0v) is 10.5. The van der Waals surface area contributed by atoms with Crippen LogP contribution in [-0.4, -0.2) is 21.7 Å². The number of aromatic nitrogens is 3. The summed E-state index contributed by atoms with van der Waals surface area (Å²) >= 11 is 4.81. The first kappa shape index (κ1) is 10.1. The predicted molar refractivity (Wildman–Crippen MR) is 58.6 cm³/mol. The third-order valence-corrected chi connectivity index (χ3v) is 3.50. The molecule has 4 nitrogen and oxygen atoms in total. The van der Waals surface area contributed by atoms with E-state index < -0.39 is 0 Å². The van der Waals surface area contributed by atoms with Crippen molar-refractivity contribution < 1.29 is 4.74 Å².